The van der Waals surface area contributed by atoms with E-state index in [1.807, 2.05) is 18.2 Å². The number of piperazine rings is 1. The fourth-order valence-corrected chi connectivity index (χ4v) is 2.22. The van der Waals surface area contributed by atoms with Crippen LogP contribution in [-0.4, -0.2) is 56.4 Å². The maximum Gasteiger partial charge on any atom is 0.153 e. The van der Waals surface area contributed by atoms with Crippen LogP contribution >= 0.6 is 0 Å². The highest BCUT2D eigenvalue weighted by Gasteiger charge is 2.14. The van der Waals surface area contributed by atoms with Gasteiger partial charge in [-0.25, -0.2) is 0 Å². The summed E-state index contributed by atoms with van der Waals surface area (Å²) in [7, 11) is 3.75. The van der Waals surface area contributed by atoms with Crippen LogP contribution in [0.5, 0.6) is 5.75 Å². The first-order chi connectivity index (χ1) is 8.72. The molecule has 4 nitrogen and oxygen atoms in total. The largest absolute Gasteiger partial charge is 0.496 e. The average molecular weight is 248 g/mol. The molecule has 1 aromatic rings. The molecule has 0 amide bonds. The molecule has 0 aliphatic carbocycles. The minimum absolute atomic E-state index is 0.611. The lowest BCUT2D eigenvalue weighted by atomic mass is 10.1. The first-order valence-corrected chi connectivity index (χ1v) is 6.26. The Hall–Kier alpha value is -1.39. The molecule has 1 heterocycles. The van der Waals surface area contributed by atoms with E-state index in [0.717, 1.165) is 39.0 Å². The number of benzene rings is 1. The van der Waals surface area contributed by atoms with Crippen LogP contribution in [0.3, 0.4) is 0 Å². The number of hydrogen-bond acceptors (Lipinski definition) is 4. The van der Waals surface area contributed by atoms with Crippen LogP contribution in [0, 0.1) is 0 Å². The Labute approximate surface area is 108 Å². The lowest BCUT2D eigenvalue weighted by molar-refractivity contribution is 0.112. The monoisotopic (exact) mass is 248 g/mol. The number of methoxy groups -OCH3 is 1. The number of rotatable bonds is 4. The zero-order valence-electron chi connectivity index (χ0n) is 11.1. The van der Waals surface area contributed by atoms with Crippen LogP contribution in [0.25, 0.3) is 0 Å². The number of aldehydes is 1. The van der Waals surface area contributed by atoms with Gasteiger partial charge in [-0.2, -0.15) is 0 Å². The van der Waals surface area contributed by atoms with Crippen molar-refractivity contribution in [3.8, 4) is 5.75 Å². The highest BCUT2D eigenvalue weighted by Crippen LogP contribution is 2.19. The van der Waals surface area contributed by atoms with Crippen molar-refractivity contribution in [3.05, 3.63) is 29.3 Å². The highest BCUT2D eigenvalue weighted by molar-refractivity contribution is 5.79. The van der Waals surface area contributed by atoms with Gasteiger partial charge in [0.05, 0.1) is 12.7 Å². The molecule has 0 aromatic heterocycles. The van der Waals surface area contributed by atoms with E-state index in [1.54, 1.807) is 7.11 Å². The maximum atomic E-state index is 10.8. The van der Waals surface area contributed by atoms with Gasteiger partial charge < -0.3 is 9.64 Å². The number of nitrogens with zero attached hydrogens (tertiary/aromatic N) is 2. The lowest BCUT2D eigenvalue weighted by Gasteiger charge is -2.32. The van der Waals surface area contributed by atoms with Crippen molar-refractivity contribution in [2.45, 2.75) is 6.54 Å². The summed E-state index contributed by atoms with van der Waals surface area (Å²) in [6, 6.07) is 5.80. The molecule has 0 saturated carbocycles. The molecule has 0 unspecified atom stereocenters. The van der Waals surface area contributed by atoms with E-state index in [1.165, 1.54) is 5.56 Å². The van der Waals surface area contributed by atoms with Crippen LogP contribution in [0.4, 0.5) is 0 Å². The summed E-state index contributed by atoms with van der Waals surface area (Å²) in [5.41, 5.74) is 1.81. The third kappa shape index (κ3) is 3.09. The second-order valence-electron chi connectivity index (χ2n) is 4.77. The van der Waals surface area contributed by atoms with Crippen molar-refractivity contribution in [1.82, 2.24) is 9.80 Å². The molecule has 0 N–H and O–H groups in total. The smallest absolute Gasteiger partial charge is 0.153 e. The van der Waals surface area contributed by atoms with E-state index in [0.29, 0.717) is 11.3 Å². The molecule has 1 aliphatic heterocycles. The van der Waals surface area contributed by atoms with E-state index < -0.39 is 0 Å². The van der Waals surface area contributed by atoms with E-state index in [-0.39, 0.29) is 0 Å². The van der Waals surface area contributed by atoms with E-state index >= 15 is 0 Å². The van der Waals surface area contributed by atoms with Gasteiger partial charge >= 0.3 is 0 Å². The van der Waals surface area contributed by atoms with Gasteiger partial charge in [0.15, 0.2) is 6.29 Å². The first-order valence-electron chi connectivity index (χ1n) is 6.26. The standard InChI is InChI=1S/C14H20N2O2/c1-15-5-7-16(8-6-15)10-12-3-4-13(11-17)14(9-12)18-2/h3-4,9,11H,5-8,10H2,1-2H3. The summed E-state index contributed by atoms with van der Waals surface area (Å²) in [5, 5.41) is 0. The Bertz CT molecular complexity index is 412. The molecule has 18 heavy (non-hydrogen) atoms. The van der Waals surface area contributed by atoms with Crippen molar-refractivity contribution < 1.29 is 9.53 Å². The van der Waals surface area contributed by atoms with Crippen LogP contribution < -0.4 is 4.74 Å². The summed E-state index contributed by atoms with van der Waals surface area (Å²) in [5.74, 6) is 0.664. The third-order valence-electron chi connectivity index (χ3n) is 3.43. The van der Waals surface area contributed by atoms with Gasteiger partial charge in [-0.15, -0.1) is 0 Å². The van der Waals surface area contributed by atoms with E-state index in [9.17, 15) is 4.79 Å². The molecule has 1 fully saturated rings. The Morgan fingerprint density at radius 2 is 2.00 bits per heavy atom. The maximum absolute atomic E-state index is 10.8. The van der Waals surface area contributed by atoms with Crippen molar-refractivity contribution in [2.24, 2.45) is 0 Å². The quantitative estimate of drug-likeness (QED) is 0.751. The van der Waals surface area contributed by atoms with Crippen molar-refractivity contribution in [2.75, 3.05) is 40.3 Å². The molecule has 98 valence electrons. The normalized spacial score (nSPS) is 17.7. The minimum atomic E-state index is 0.611. The Balaban J connectivity index is 2.03. The Kier molecular flexibility index (Phi) is 4.33. The Morgan fingerprint density at radius 1 is 1.28 bits per heavy atom. The molecule has 0 bridgehead atoms. The second kappa shape index (κ2) is 5.98. The van der Waals surface area contributed by atoms with Gasteiger partial charge in [-0.3, -0.25) is 9.69 Å². The van der Waals surface area contributed by atoms with E-state index in [2.05, 4.69) is 16.8 Å². The molecule has 1 aliphatic rings. The third-order valence-corrected chi connectivity index (χ3v) is 3.43. The van der Waals surface area contributed by atoms with Crippen LogP contribution in [0.2, 0.25) is 0 Å². The average Bonchev–Trinajstić information content (AvgIpc) is 2.41. The van der Waals surface area contributed by atoms with Gasteiger partial charge in [0.2, 0.25) is 0 Å². The number of ether oxygens (including phenoxy) is 1. The number of carbonyl (C=O) groups excluding carboxylic acids is 1. The van der Waals surface area contributed by atoms with Crippen LogP contribution in [0.1, 0.15) is 15.9 Å². The van der Waals surface area contributed by atoms with Crippen molar-refractivity contribution in [1.29, 1.82) is 0 Å². The summed E-state index contributed by atoms with van der Waals surface area (Å²) < 4.78 is 5.23. The topological polar surface area (TPSA) is 32.8 Å². The van der Waals surface area contributed by atoms with Gasteiger partial charge in [0.1, 0.15) is 5.75 Å². The molecular formula is C14H20N2O2. The van der Waals surface area contributed by atoms with Gasteiger partial charge in [-0.1, -0.05) is 6.07 Å². The molecule has 0 radical (unpaired) electrons. The molecular weight excluding hydrogens is 228 g/mol. The molecule has 1 saturated heterocycles. The molecule has 0 atom stereocenters. The van der Waals surface area contributed by atoms with Gasteiger partial charge in [0.25, 0.3) is 0 Å². The number of hydrogen-bond donors (Lipinski definition) is 0. The summed E-state index contributed by atoms with van der Waals surface area (Å²) in [6.07, 6.45) is 0.832. The fraction of sp³-hybridized carbons (Fsp3) is 0.500. The fourth-order valence-electron chi connectivity index (χ4n) is 2.22. The first kappa shape index (κ1) is 13.1. The highest BCUT2D eigenvalue weighted by atomic mass is 16.5. The molecule has 4 heteroatoms. The molecule has 1 aromatic carbocycles. The summed E-state index contributed by atoms with van der Waals surface area (Å²) in [4.78, 5) is 15.6. The lowest BCUT2D eigenvalue weighted by Crippen LogP contribution is -2.43. The SMILES string of the molecule is COc1cc(CN2CCN(C)CC2)ccc1C=O. The molecule has 2 rings (SSSR count). The number of carbonyl (C=O) groups is 1. The van der Waals surface area contributed by atoms with Crippen molar-refractivity contribution in [3.63, 3.8) is 0 Å². The minimum Gasteiger partial charge on any atom is -0.496 e. The number of likely N-dealkylation sites (N-methyl/N-ethyl adjacent to an activating group) is 1. The predicted molar refractivity (Wildman–Crippen MR) is 71.2 cm³/mol. The van der Waals surface area contributed by atoms with Crippen LogP contribution in [0.15, 0.2) is 18.2 Å². The Morgan fingerprint density at radius 3 is 2.61 bits per heavy atom. The zero-order chi connectivity index (χ0) is 13.0. The summed E-state index contributed by atoms with van der Waals surface area (Å²) in [6.45, 7) is 5.33. The predicted octanol–water partition coefficient (Wildman–Crippen LogP) is 1.26. The van der Waals surface area contributed by atoms with Gasteiger partial charge in [-0.05, 0) is 24.7 Å². The van der Waals surface area contributed by atoms with Gasteiger partial charge in [0, 0.05) is 32.7 Å². The second-order valence-corrected chi connectivity index (χ2v) is 4.77. The van der Waals surface area contributed by atoms with Crippen molar-refractivity contribution >= 4 is 6.29 Å². The molecule has 0 spiro atoms. The van der Waals surface area contributed by atoms with Crippen LogP contribution in [-0.2, 0) is 6.54 Å². The summed E-state index contributed by atoms with van der Waals surface area (Å²) >= 11 is 0. The zero-order valence-corrected chi connectivity index (χ0v) is 11.1. The van der Waals surface area contributed by atoms with E-state index in [4.69, 9.17) is 4.74 Å².